The maximum absolute atomic E-state index is 11.7. The minimum absolute atomic E-state index is 0.00498. The molecule has 88 valence electrons. The zero-order chi connectivity index (χ0) is 12.2. The van der Waals surface area contributed by atoms with Crippen LogP contribution in [0, 0.1) is 11.3 Å². The van der Waals surface area contributed by atoms with Crippen LogP contribution in [0.3, 0.4) is 0 Å². The molecule has 0 bridgehead atoms. The summed E-state index contributed by atoms with van der Waals surface area (Å²) in [6.07, 6.45) is 0. The number of hydrogen-bond donors (Lipinski definition) is 1. The van der Waals surface area contributed by atoms with Crippen molar-refractivity contribution in [2.45, 2.75) is 26.4 Å². The molecule has 0 aromatic rings. The van der Waals surface area contributed by atoms with Crippen molar-refractivity contribution in [3.8, 4) is 6.07 Å². The number of ether oxygens (including phenoxy) is 2. The van der Waals surface area contributed by atoms with Crippen LogP contribution in [0.25, 0.3) is 0 Å². The largest absolute Gasteiger partial charge is 0.456 e. The van der Waals surface area contributed by atoms with E-state index in [1.165, 1.54) is 0 Å². The van der Waals surface area contributed by atoms with E-state index in [9.17, 15) is 4.79 Å². The highest BCUT2D eigenvalue weighted by atomic mass is 16.6. The van der Waals surface area contributed by atoms with Crippen LogP contribution in [0.15, 0.2) is 11.3 Å². The van der Waals surface area contributed by atoms with Gasteiger partial charge in [-0.3, -0.25) is 0 Å². The van der Waals surface area contributed by atoms with E-state index >= 15 is 0 Å². The minimum atomic E-state index is -0.608. The van der Waals surface area contributed by atoms with Gasteiger partial charge in [0.25, 0.3) is 0 Å². The third kappa shape index (κ3) is 3.55. The van der Waals surface area contributed by atoms with Gasteiger partial charge in [0.15, 0.2) is 5.57 Å². The smallest absolute Gasteiger partial charge is 0.351 e. The first-order chi connectivity index (χ1) is 7.44. The van der Waals surface area contributed by atoms with Gasteiger partial charge >= 0.3 is 5.97 Å². The summed E-state index contributed by atoms with van der Waals surface area (Å²) in [6, 6.07) is 1.86. The summed E-state index contributed by atoms with van der Waals surface area (Å²) in [5, 5.41) is 11.9. The standard InChI is InChI=1S/C11H16N2O3/c1-11(2,3)16-10(14)8(6-12)9-7-15-5-4-13-9/h13H,4-5,7H2,1-3H3. The zero-order valence-corrected chi connectivity index (χ0v) is 9.79. The van der Waals surface area contributed by atoms with Crippen LogP contribution < -0.4 is 5.32 Å². The second-order valence-corrected chi connectivity index (χ2v) is 4.45. The lowest BCUT2D eigenvalue weighted by molar-refractivity contribution is -0.149. The van der Waals surface area contributed by atoms with Gasteiger partial charge in [0.1, 0.15) is 11.7 Å². The van der Waals surface area contributed by atoms with Crippen LogP contribution in [0.1, 0.15) is 20.8 Å². The molecule has 5 nitrogen and oxygen atoms in total. The summed E-state index contributed by atoms with van der Waals surface area (Å²) >= 11 is 0. The predicted octanol–water partition coefficient (Wildman–Crippen LogP) is 0.726. The molecule has 0 aliphatic carbocycles. The van der Waals surface area contributed by atoms with Crippen LogP contribution in [0.2, 0.25) is 0 Å². The number of nitrogens with one attached hydrogen (secondary N) is 1. The van der Waals surface area contributed by atoms with Gasteiger partial charge in [-0.05, 0) is 20.8 Å². The fourth-order valence-corrected chi connectivity index (χ4v) is 1.23. The van der Waals surface area contributed by atoms with Crippen molar-refractivity contribution >= 4 is 5.97 Å². The first kappa shape index (κ1) is 12.5. The Hall–Kier alpha value is -1.54. The Balaban J connectivity index is 2.82. The topological polar surface area (TPSA) is 71.4 Å². The van der Waals surface area contributed by atoms with Gasteiger partial charge in [-0.1, -0.05) is 0 Å². The van der Waals surface area contributed by atoms with Gasteiger partial charge in [0.05, 0.1) is 18.9 Å². The van der Waals surface area contributed by atoms with Crippen molar-refractivity contribution < 1.29 is 14.3 Å². The quantitative estimate of drug-likeness (QED) is 0.404. The van der Waals surface area contributed by atoms with Crippen molar-refractivity contribution in [2.24, 2.45) is 0 Å². The van der Waals surface area contributed by atoms with E-state index in [4.69, 9.17) is 14.7 Å². The molecule has 1 heterocycles. The van der Waals surface area contributed by atoms with Crippen molar-refractivity contribution in [3.63, 3.8) is 0 Å². The maximum atomic E-state index is 11.7. The lowest BCUT2D eigenvalue weighted by Gasteiger charge is -2.22. The molecule has 5 heteroatoms. The summed E-state index contributed by atoms with van der Waals surface area (Å²) in [4.78, 5) is 11.7. The number of esters is 1. The number of carbonyl (C=O) groups excluding carboxylic acids is 1. The van der Waals surface area contributed by atoms with Gasteiger partial charge < -0.3 is 14.8 Å². The SMILES string of the molecule is CC(C)(C)OC(=O)C(C#N)=C1COCCN1. The van der Waals surface area contributed by atoms with Crippen molar-refractivity contribution in [1.29, 1.82) is 5.26 Å². The first-order valence-electron chi connectivity index (χ1n) is 5.12. The molecule has 16 heavy (non-hydrogen) atoms. The van der Waals surface area contributed by atoms with Crippen molar-refractivity contribution in [3.05, 3.63) is 11.3 Å². The van der Waals surface area contributed by atoms with Gasteiger partial charge in [0, 0.05) is 6.54 Å². The molecule has 0 aromatic heterocycles. The molecule has 0 saturated carbocycles. The normalized spacial score (nSPS) is 19.4. The minimum Gasteiger partial charge on any atom is -0.456 e. The highest BCUT2D eigenvalue weighted by Gasteiger charge is 2.23. The third-order valence-electron chi connectivity index (χ3n) is 1.85. The molecule has 0 aromatic carbocycles. The number of nitriles is 1. The number of nitrogens with zero attached hydrogens (tertiary/aromatic N) is 1. The Morgan fingerprint density at radius 1 is 1.56 bits per heavy atom. The average Bonchev–Trinajstić information content (AvgIpc) is 2.17. The fourth-order valence-electron chi connectivity index (χ4n) is 1.23. The zero-order valence-electron chi connectivity index (χ0n) is 9.79. The molecule has 0 unspecified atom stereocenters. The van der Waals surface area contributed by atoms with E-state index in [1.807, 2.05) is 6.07 Å². The van der Waals surface area contributed by atoms with E-state index in [1.54, 1.807) is 20.8 Å². The highest BCUT2D eigenvalue weighted by molar-refractivity contribution is 5.93. The molecule has 1 aliphatic rings. The molecule has 0 spiro atoms. The second-order valence-electron chi connectivity index (χ2n) is 4.45. The average molecular weight is 224 g/mol. The maximum Gasteiger partial charge on any atom is 0.351 e. The number of morpholine rings is 1. The number of hydrogen-bond acceptors (Lipinski definition) is 5. The third-order valence-corrected chi connectivity index (χ3v) is 1.85. The molecule has 0 atom stereocenters. The molecule has 0 amide bonds. The number of carbonyl (C=O) groups is 1. The van der Waals surface area contributed by atoms with E-state index in [0.29, 0.717) is 18.8 Å². The van der Waals surface area contributed by atoms with Crippen LogP contribution >= 0.6 is 0 Å². The summed E-state index contributed by atoms with van der Waals surface area (Å²) in [5.74, 6) is -0.608. The lowest BCUT2D eigenvalue weighted by Crippen LogP contribution is -2.33. The van der Waals surface area contributed by atoms with E-state index in [0.717, 1.165) is 0 Å². The Kier molecular flexibility index (Phi) is 3.91. The molecule has 1 fully saturated rings. The van der Waals surface area contributed by atoms with Crippen LogP contribution in [-0.4, -0.2) is 31.3 Å². The first-order valence-corrected chi connectivity index (χ1v) is 5.12. The summed E-state index contributed by atoms with van der Waals surface area (Å²) in [7, 11) is 0. The Morgan fingerprint density at radius 3 is 2.69 bits per heavy atom. The summed E-state index contributed by atoms with van der Waals surface area (Å²) < 4.78 is 10.3. The molecule has 0 radical (unpaired) electrons. The second kappa shape index (κ2) is 4.99. The van der Waals surface area contributed by atoms with Crippen LogP contribution in [-0.2, 0) is 14.3 Å². The lowest BCUT2D eigenvalue weighted by atomic mass is 10.1. The van der Waals surface area contributed by atoms with Crippen molar-refractivity contribution in [1.82, 2.24) is 5.32 Å². The van der Waals surface area contributed by atoms with Crippen LogP contribution in [0.4, 0.5) is 0 Å². The monoisotopic (exact) mass is 224 g/mol. The molecule has 1 saturated heterocycles. The number of rotatable bonds is 1. The molecule has 1 N–H and O–H groups in total. The molecule has 1 aliphatic heterocycles. The van der Waals surface area contributed by atoms with Crippen molar-refractivity contribution in [2.75, 3.05) is 19.8 Å². The van der Waals surface area contributed by atoms with Gasteiger partial charge in [0.2, 0.25) is 0 Å². The van der Waals surface area contributed by atoms with Gasteiger partial charge in [-0.2, -0.15) is 5.26 Å². The molecule has 1 rings (SSSR count). The van der Waals surface area contributed by atoms with E-state index in [-0.39, 0.29) is 12.2 Å². The Morgan fingerprint density at radius 2 is 2.25 bits per heavy atom. The van der Waals surface area contributed by atoms with Gasteiger partial charge in [-0.25, -0.2) is 4.79 Å². The Bertz CT molecular complexity index is 339. The molecular formula is C11H16N2O3. The molecular weight excluding hydrogens is 208 g/mol. The van der Waals surface area contributed by atoms with Gasteiger partial charge in [-0.15, -0.1) is 0 Å². The van der Waals surface area contributed by atoms with E-state index in [2.05, 4.69) is 5.32 Å². The summed E-state index contributed by atoms with van der Waals surface area (Å²) in [6.45, 7) is 6.71. The Labute approximate surface area is 95.0 Å². The van der Waals surface area contributed by atoms with Crippen LogP contribution in [0.5, 0.6) is 0 Å². The highest BCUT2D eigenvalue weighted by Crippen LogP contribution is 2.13. The summed E-state index contributed by atoms with van der Waals surface area (Å²) in [5.41, 5.74) is -0.104. The predicted molar refractivity (Wildman–Crippen MR) is 57.3 cm³/mol. The van der Waals surface area contributed by atoms with E-state index < -0.39 is 11.6 Å². The fraction of sp³-hybridized carbons (Fsp3) is 0.636.